The Labute approximate surface area is 159 Å². The molecule has 0 aliphatic rings. The predicted octanol–water partition coefficient (Wildman–Crippen LogP) is 4.64. The van der Waals surface area contributed by atoms with Crippen LogP contribution >= 0.6 is 0 Å². The number of hydrogen-bond acceptors (Lipinski definition) is 5. The molecule has 0 aliphatic heterocycles. The van der Waals surface area contributed by atoms with Gasteiger partial charge < -0.3 is 11.1 Å². The molecule has 0 fully saturated rings. The number of nitrogens with two attached hydrogens (primary N) is 1. The minimum Gasteiger partial charge on any atom is -0.399 e. The summed E-state index contributed by atoms with van der Waals surface area (Å²) in [5.74, 6) is 0.299. The summed E-state index contributed by atoms with van der Waals surface area (Å²) in [6.45, 7) is 0. The standard InChI is InChI=1S/C21H15FN6/c22-17-6-5-13(23)9-14(17)12-4-7-18-15(8-12)21(25-11-24-18)27-19-2-1-3-20-16(19)10-26-28-20/h1-11H,23H2,(H,26,28)(H,24,25,27). The van der Waals surface area contributed by atoms with Gasteiger partial charge >= 0.3 is 0 Å². The fourth-order valence-corrected chi connectivity index (χ4v) is 3.29. The second kappa shape index (κ2) is 6.31. The molecule has 0 bridgehead atoms. The molecule has 5 aromatic rings. The minimum absolute atomic E-state index is 0.330. The van der Waals surface area contributed by atoms with E-state index < -0.39 is 0 Å². The monoisotopic (exact) mass is 370 g/mol. The molecular formula is C21H15FN6. The topological polar surface area (TPSA) is 92.5 Å². The number of rotatable bonds is 3. The summed E-state index contributed by atoms with van der Waals surface area (Å²) in [6.07, 6.45) is 3.26. The molecule has 6 nitrogen and oxygen atoms in total. The van der Waals surface area contributed by atoms with Gasteiger partial charge in [0.05, 0.1) is 22.9 Å². The first kappa shape index (κ1) is 16.2. The molecule has 7 heteroatoms. The maximum atomic E-state index is 14.3. The summed E-state index contributed by atoms with van der Waals surface area (Å²) in [6, 6.07) is 15.9. The van der Waals surface area contributed by atoms with E-state index in [9.17, 15) is 4.39 Å². The highest BCUT2D eigenvalue weighted by molar-refractivity contribution is 5.98. The molecule has 0 spiro atoms. The lowest BCUT2D eigenvalue weighted by Crippen LogP contribution is -1.97. The summed E-state index contributed by atoms with van der Waals surface area (Å²) in [5.41, 5.74) is 10.0. The highest BCUT2D eigenvalue weighted by Crippen LogP contribution is 2.32. The number of H-pyrrole nitrogens is 1. The van der Waals surface area contributed by atoms with Crippen molar-refractivity contribution in [2.75, 3.05) is 11.1 Å². The fourth-order valence-electron chi connectivity index (χ4n) is 3.29. The lowest BCUT2D eigenvalue weighted by atomic mass is 10.0. The second-order valence-corrected chi connectivity index (χ2v) is 6.46. The molecule has 0 radical (unpaired) electrons. The summed E-state index contributed by atoms with van der Waals surface area (Å²) in [5, 5.41) is 12.1. The first-order valence-electron chi connectivity index (χ1n) is 8.68. The number of aromatic nitrogens is 4. The van der Waals surface area contributed by atoms with Gasteiger partial charge in [-0.1, -0.05) is 12.1 Å². The van der Waals surface area contributed by atoms with Gasteiger partial charge in [0.2, 0.25) is 0 Å². The number of fused-ring (bicyclic) bond motifs is 2. The number of nitrogens with zero attached hydrogens (tertiary/aromatic N) is 3. The Morgan fingerprint density at radius 2 is 1.89 bits per heavy atom. The van der Waals surface area contributed by atoms with Gasteiger partial charge in [-0.15, -0.1) is 0 Å². The second-order valence-electron chi connectivity index (χ2n) is 6.46. The zero-order valence-corrected chi connectivity index (χ0v) is 14.6. The SMILES string of the molecule is Nc1ccc(F)c(-c2ccc3ncnc(Nc4cccc5[nH]ncc45)c3c2)c1. The van der Waals surface area contributed by atoms with Crippen LogP contribution in [0.3, 0.4) is 0 Å². The zero-order chi connectivity index (χ0) is 19.1. The molecule has 0 aliphatic carbocycles. The van der Waals surface area contributed by atoms with E-state index in [2.05, 4.69) is 25.5 Å². The van der Waals surface area contributed by atoms with Crippen LogP contribution < -0.4 is 11.1 Å². The van der Waals surface area contributed by atoms with Crippen molar-refractivity contribution in [3.05, 3.63) is 72.9 Å². The maximum Gasteiger partial charge on any atom is 0.141 e. The van der Waals surface area contributed by atoms with Crippen molar-refractivity contribution in [2.24, 2.45) is 0 Å². The zero-order valence-electron chi connectivity index (χ0n) is 14.6. The Balaban J connectivity index is 1.65. The molecule has 2 aromatic heterocycles. The Kier molecular flexibility index (Phi) is 3.65. The van der Waals surface area contributed by atoms with Crippen molar-refractivity contribution in [1.82, 2.24) is 20.2 Å². The highest BCUT2D eigenvalue weighted by Gasteiger charge is 2.11. The van der Waals surface area contributed by atoms with Gasteiger partial charge in [0, 0.05) is 22.0 Å². The summed E-state index contributed by atoms with van der Waals surface area (Å²) in [7, 11) is 0. The van der Waals surface area contributed by atoms with Crippen LogP contribution in [0.25, 0.3) is 32.9 Å². The Morgan fingerprint density at radius 3 is 2.82 bits per heavy atom. The average Bonchev–Trinajstić information content (AvgIpc) is 3.20. The molecule has 28 heavy (non-hydrogen) atoms. The van der Waals surface area contributed by atoms with Crippen molar-refractivity contribution in [3.63, 3.8) is 0 Å². The van der Waals surface area contributed by atoms with Crippen molar-refractivity contribution >= 4 is 39.0 Å². The number of nitrogen functional groups attached to an aromatic ring is 1. The van der Waals surface area contributed by atoms with Crippen LogP contribution in [0, 0.1) is 5.82 Å². The Hall–Kier alpha value is -4.00. The number of aromatic amines is 1. The van der Waals surface area contributed by atoms with Gasteiger partial charge in [-0.2, -0.15) is 5.10 Å². The van der Waals surface area contributed by atoms with Crippen molar-refractivity contribution in [1.29, 1.82) is 0 Å². The predicted molar refractivity (Wildman–Crippen MR) is 109 cm³/mol. The van der Waals surface area contributed by atoms with Gasteiger partial charge in [0.15, 0.2) is 0 Å². The van der Waals surface area contributed by atoms with E-state index >= 15 is 0 Å². The quantitative estimate of drug-likeness (QED) is 0.402. The molecule has 0 amide bonds. The minimum atomic E-state index is -0.330. The Bertz CT molecular complexity index is 1330. The molecule has 0 atom stereocenters. The summed E-state index contributed by atoms with van der Waals surface area (Å²) in [4.78, 5) is 8.72. The highest BCUT2D eigenvalue weighted by atomic mass is 19.1. The molecule has 136 valence electrons. The molecule has 0 unspecified atom stereocenters. The van der Waals surface area contributed by atoms with Gasteiger partial charge in [0.1, 0.15) is 18.0 Å². The van der Waals surface area contributed by atoms with Crippen molar-refractivity contribution in [3.8, 4) is 11.1 Å². The fraction of sp³-hybridized carbons (Fsp3) is 0. The third kappa shape index (κ3) is 2.69. The van der Waals surface area contributed by atoms with Crippen LogP contribution in [-0.4, -0.2) is 20.2 Å². The third-order valence-corrected chi connectivity index (χ3v) is 4.67. The van der Waals surface area contributed by atoms with E-state index in [-0.39, 0.29) is 5.82 Å². The molecule has 0 saturated carbocycles. The molecule has 3 aromatic carbocycles. The lowest BCUT2D eigenvalue weighted by molar-refractivity contribution is 0.631. The lowest BCUT2D eigenvalue weighted by Gasteiger charge is -2.11. The van der Waals surface area contributed by atoms with Crippen LogP contribution in [0.15, 0.2) is 67.1 Å². The van der Waals surface area contributed by atoms with Gasteiger partial charge in [-0.25, -0.2) is 14.4 Å². The summed E-state index contributed by atoms with van der Waals surface area (Å²) < 4.78 is 14.3. The van der Waals surface area contributed by atoms with Crippen LogP contribution in [-0.2, 0) is 0 Å². The summed E-state index contributed by atoms with van der Waals surface area (Å²) >= 11 is 0. The molecular weight excluding hydrogens is 355 g/mol. The van der Waals surface area contributed by atoms with E-state index in [4.69, 9.17) is 5.73 Å². The van der Waals surface area contributed by atoms with Crippen molar-refractivity contribution < 1.29 is 4.39 Å². The van der Waals surface area contributed by atoms with Crippen LogP contribution in [0.2, 0.25) is 0 Å². The average molecular weight is 370 g/mol. The van der Waals surface area contributed by atoms with E-state index in [0.29, 0.717) is 22.6 Å². The number of halogens is 1. The van der Waals surface area contributed by atoms with Crippen LogP contribution in [0.4, 0.5) is 21.6 Å². The maximum absolute atomic E-state index is 14.3. The Morgan fingerprint density at radius 1 is 0.964 bits per heavy atom. The molecule has 5 rings (SSSR count). The van der Waals surface area contributed by atoms with Gasteiger partial charge in [-0.3, -0.25) is 5.10 Å². The smallest absolute Gasteiger partial charge is 0.141 e. The van der Waals surface area contributed by atoms with E-state index in [0.717, 1.165) is 27.5 Å². The first-order valence-corrected chi connectivity index (χ1v) is 8.68. The first-order chi connectivity index (χ1) is 13.7. The molecule has 2 heterocycles. The van der Waals surface area contributed by atoms with Crippen LogP contribution in [0.5, 0.6) is 0 Å². The van der Waals surface area contributed by atoms with E-state index in [1.807, 2.05) is 36.4 Å². The van der Waals surface area contributed by atoms with E-state index in [1.54, 1.807) is 18.3 Å². The largest absolute Gasteiger partial charge is 0.399 e. The number of benzene rings is 3. The third-order valence-electron chi connectivity index (χ3n) is 4.67. The normalized spacial score (nSPS) is 11.2. The van der Waals surface area contributed by atoms with Gasteiger partial charge in [-0.05, 0) is 48.0 Å². The van der Waals surface area contributed by atoms with Crippen LogP contribution in [0.1, 0.15) is 0 Å². The molecule has 4 N–H and O–H groups in total. The number of nitrogens with one attached hydrogen (secondary N) is 2. The van der Waals surface area contributed by atoms with E-state index in [1.165, 1.54) is 12.4 Å². The molecule has 0 saturated heterocycles. The number of hydrogen-bond donors (Lipinski definition) is 3. The number of anilines is 3. The van der Waals surface area contributed by atoms with Crippen molar-refractivity contribution in [2.45, 2.75) is 0 Å². The van der Waals surface area contributed by atoms with Gasteiger partial charge in [0.25, 0.3) is 0 Å².